The van der Waals surface area contributed by atoms with Crippen molar-refractivity contribution >= 4 is 6.09 Å². The average Bonchev–Trinajstić information content (AvgIpc) is 2.25. The van der Waals surface area contributed by atoms with Crippen molar-refractivity contribution in [2.45, 2.75) is 19.9 Å². The highest BCUT2D eigenvalue weighted by molar-refractivity contribution is 5.66. The molecule has 86 valence electrons. The molecule has 1 aromatic rings. The zero-order valence-corrected chi connectivity index (χ0v) is 9.47. The van der Waals surface area contributed by atoms with Crippen LogP contribution in [0.25, 0.3) is 0 Å². The third kappa shape index (κ3) is 3.10. The first-order valence-electron chi connectivity index (χ1n) is 5.02. The lowest BCUT2D eigenvalue weighted by molar-refractivity contribution is 0.131. The Bertz CT molecular complexity index is 362. The van der Waals surface area contributed by atoms with E-state index in [-0.39, 0.29) is 6.04 Å². The SMILES string of the molecule is C=C(C)N(NC(C)c1ccccc1)C(=O)O. The summed E-state index contributed by atoms with van der Waals surface area (Å²) in [7, 11) is 0. The van der Waals surface area contributed by atoms with Crippen LogP contribution in [0.4, 0.5) is 4.79 Å². The van der Waals surface area contributed by atoms with Gasteiger partial charge in [0.05, 0.1) is 0 Å². The predicted octanol–water partition coefficient (Wildman–Crippen LogP) is 2.77. The summed E-state index contributed by atoms with van der Waals surface area (Å²) >= 11 is 0. The number of benzene rings is 1. The van der Waals surface area contributed by atoms with Gasteiger partial charge >= 0.3 is 6.09 Å². The zero-order chi connectivity index (χ0) is 12.1. The van der Waals surface area contributed by atoms with Crippen molar-refractivity contribution in [2.75, 3.05) is 0 Å². The summed E-state index contributed by atoms with van der Waals surface area (Å²) in [6.45, 7) is 7.14. The second-order valence-corrected chi connectivity index (χ2v) is 3.61. The Hall–Kier alpha value is -1.81. The molecule has 1 atom stereocenters. The number of nitrogens with zero attached hydrogens (tertiary/aromatic N) is 1. The van der Waals surface area contributed by atoms with E-state index < -0.39 is 6.09 Å². The number of amides is 1. The highest BCUT2D eigenvalue weighted by Gasteiger charge is 2.15. The van der Waals surface area contributed by atoms with Gasteiger partial charge in [0.15, 0.2) is 0 Å². The average molecular weight is 220 g/mol. The van der Waals surface area contributed by atoms with E-state index in [2.05, 4.69) is 12.0 Å². The fourth-order valence-electron chi connectivity index (χ4n) is 1.34. The molecule has 0 saturated carbocycles. The molecule has 0 heterocycles. The maximum absolute atomic E-state index is 10.9. The van der Waals surface area contributed by atoms with Crippen molar-refractivity contribution in [2.24, 2.45) is 0 Å². The number of nitrogens with one attached hydrogen (secondary N) is 1. The third-order valence-corrected chi connectivity index (χ3v) is 2.20. The van der Waals surface area contributed by atoms with Gasteiger partial charge in [-0.3, -0.25) is 0 Å². The van der Waals surface area contributed by atoms with Gasteiger partial charge in [-0.1, -0.05) is 36.9 Å². The molecule has 0 radical (unpaired) electrons. The molecule has 0 saturated heterocycles. The van der Waals surface area contributed by atoms with Crippen LogP contribution >= 0.6 is 0 Å². The molecule has 0 aromatic heterocycles. The molecule has 1 rings (SSSR count). The third-order valence-electron chi connectivity index (χ3n) is 2.20. The predicted molar refractivity (Wildman–Crippen MR) is 62.7 cm³/mol. The van der Waals surface area contributed by atoms with Gasteiger partial charge in [0.25, 0.3) is 0 Å². The van der Waals surface area contributed by atoms with Crippen LogP contribution in [0.5, 0.6) is 0 Å². The van der Waals surface area contributed by atoms with Crippen LogP contribution in [-0.4, -0.2) is 16.2 Å². The summed E-state index contributed by atoms with van der Waals surface area (Å²) in [4.78, 5) is 10.9. The van der Waals surface area contributed by atoms with E-state index in [1.807, 2.05) is 37.3 Å². The molecule has 2 N–H and O–H groups in total. The number of carboxylic acid groups (broad SMARTS) is 1. The molecular formula is C12H16N2O2. The summed E-state index contributed by atoms with van der Waals surface area (Å²) in [6.07, 6.45) is -1.06. The smallest absolute Gasteiger partial charge is 0.426 e. The molecule has 0 spiro atoms. The van der Waals surface area contributed by atoms with Crippen molar-refractivity contribution in [3.8, 4) is 0 Å². The van der Waals surface area contributed by atoms with Crippen molar-refractivity contribution in [3.63, 3.8) is 0 Å². The van der Waals surface area contributed by atoms with E-state index >= 15 is 0 Å². The topological polar surface area (TPSA) is 52.6 Å². The lowest BCUT2D eigenvalue weighted by Gasteiger charge is -2.24. The molecule has 0 fully saturated rings. The molecule has 16 heavy (non-hydrogen) atoms. The Morgan fingerprint density at radius 3 is 2.44 bits per heavy atom. The van der Waals surface area contributed by atoms with Crippen LogP contribution in [-0.2, 0) is 0 Å². The summed E-state index contributed by atoms with van der Waals surface area (Å²) in [5, 5.41) is 9.97. The van der Waals surface area contributed by atoms with Gasteiger partial charge in [-0.2, -0.15) is 0 Å². The van der Waals surface area contributed by atoms with Crippen molar-refractivity contribution in [1.82, 2.24) is 10.4 Å². The van der Waals surface area contributed by atoms with Crippen LogP contribution in [0.2, 0.25) is 0 Å². The first-order chi connectivity index (χ1) is 7.52. The van der Waals surface area contributed by atoms with E-state index in [4.69, 9.17) is 5.11 Å². The highest BCUT2D eigenvalue weighted by Crippen LogP contribution is 2.13. The van der Waals surface area contributed by atoms with Gasteiger partial charge in [-0.25, -0.2) is 15.2 Å². The molecule has 0 bridgehead atoms. The van der Waals surface area contributed by atoms with Crippen LogP contribution in [0.15, 0.2) is 42.6 Å². The Morgan fingerprint density at radius 1 is 1.44 bits per heavy atom. The molecule has 0 aliphatic rings. The lowest BCUT2D eigenvalue weighted by Crippen LogP contribution is -2.41. The summed E-state index contributed by atoms with van der Waals surface area (Å²) < 4.78 is 0. The minimum atomic E-state index is -1.06. The quantitative estimate of drug-likeness (QED) is 0.767. The molecule has 1 unspecified atom stereocenters. The number of allylic oxidation sites excluding steroid dienone is 1. The molecule has 1 amide bonds. The van der Waals surface area contributed by atoms with Crippen LogP contribution in [0.1, 0.15) is 25.5 Å². The largest absolute Gasteiger partial charge is 0.464 e. The molecule has 4 nitrogen and oxygen atoms in total. The number of hydrogen-bond donors (Lipinski definition) is 2. The second kappa shape index (κ2) is 5.32. The maximum Gasteiger partial charge on any atom is 0.426 e. The van der Waals surface area contributed by atoms with Crippen molar-refractivity contribution < 1.29 is 9.90 Å². The minimum Gasteiger partial charge on any atom is -0.464 e. The molecular weight excluding hydrogens is 204 g/mol. The maximum atomic E-state index is 10.9. The summed E-state index contributed by atoms with van der Waals surface area (Å²) in [5.74, 6) is 0. The van der Waals surface area contributed by atoms with Gasteiger partial charge in [0.2, 0.25) is 0 Å². The van der Waals surface area contributed by atoms with Crippen LogP contribution in [0, 0.1) is 0 Å². The highest BCUT2D eigenvalue weighted by atomic mass is 16.4. The van der Waals surface area contributed by atoms with Gasteiger partial charge in [0.1, 0.15) is 0 Å². The van der Waals surface area contributed by atoms with Gasteiger partial charge in [-0.05, 0) is 19.4 Å². The molecule has 4 heteroatoms. The minimum absolute atomic E-state index is 0.0889. The fourth-order valence-corrected chi connectivity index (χ4v) is 1.34. The van der Waals surface area contributed by atoms with Gasteiger partial charge < -0.3 is 5.11 Å². The molecule has 0 aliphatic heterocycles. The molecule has 1 aromatic carbocycles. The number of rotatable bonds is 4. The van der Waals surface area contributed by atoms with E-state index in [1.54, 1.807) is 6.92 Å². The van der Waals surface area contributed by atoms with E-state index in [1.165, 1.54) is 0 Å². The Balaban J connectivity index is 2.73. The van der Waals surface area contributed by atoms with Crippen molar-refractivity contribution in [1.29, 1.82) is 0 Å². The van der Waals surface area contributed by atoms with Gasteiger partial charge in [-0.15, -0.1) is 0 Å². The standard InChI is InChI=1S/C12H16N2O2/c1-9(2)14(12(15)16)13-10(3)11-7-5-4-6-8-11/h4-8,10,13H,1H2,2-3H3,(H,15,16). The number of hydrazine groups is 1. The normalized spacial score (nSPS) is 11.9. The van der Waals surface area contributed by atoms with E-state index in [0.717, 1.165) is 10.6 Å². The van der Waals surface area contributed by atoms with Crippen molar-refractivity contribution in [3.05, 3.63) is 48.2 Å². The summed E-state index contributed by atoms with van der Waals surface area (Å²) in [6, 6.07) is 9.54. The Morgan fingerprint density at radius 2 is 2.00 bits per heavy atom. The second-order valence-electron chi connectivity index (χ2n) is 3.61. The number of hydrogen-bond acceptors (Lipinski definition) is 2. The monoisotopic (exact) mass is 220 g/mol. The first kappa shape index (κ1) is 12.3. The van der Waals surface area contributed by atoms with E-state index in [0.29, 0.717) is 5.70 Å². The Kier molecular flexibility index (Phi) is 4.08. The van der Waals surface area contributed by atoms with Crippen LogP contribution in [0.3, 0.4) is 0 Å². The summed E-state index contributed by atoms with van der Waals surface area (Å²) in [5.41, 5.74) is 4.33. The number of carbonyl (C=O) groups is 1. The lowest BCUT2D eigenvalue weighted by atomic mass is 10.1. The van der Waals surface area contributed by atoms with Gasteiger partial charge in [0, 0.05) is 11.7 Å². The fraction of sp³-hybridized carbons (Fsp3) is 0.250. The zero-order valence-electron chi connectivity index (χ0n) is 9.47. The van der Waals surface area contributed by atoms with Crippen LogP contribution < -0.4 is 5.43 Å². The Labute approximate surface area is 95.2 Å². The first-order valence-corrected chi connectivity index (χ1v) is 5.02. The van der Waals surface area contributed by atoms with E-state index in [9.17, 15) is 4.79 Å². The molecule has 0 aliphatic carbocycles.